The highest BCUT2D eigenvalue weighted by Gasteiger charge is 2.12. The van der Waals surface area contributed by atoms with Gasteiger partial charge < -0.3 is 5.73 Å². The van der Waals surface area contributed by atoms with Gasteiger partial charge in [0.15, 0.2) is 0 Å². The number of nitrogens with two attached hydrogens (primary N) is 2. The maximum Gasteiger partial charge on any atom is 0.275 e. The van der Waals surface area contributed by atoms with Crippen molar-refractivity contribution in [2.45, 2.75) is 10.6 Å². The van der Waals surface area contributed by atoms with Gasteiger partial charge in [-0.1, -0.05) is 0 Å². The minimum Gasteiger partial charge on any atom is -0.397 e. The van der Waals surface area contributed by atoms with Crippen LogP contribution in [0.4, 0.5) is 5.69 Å². The van der Waals surface area contributed by atoms with E-state index in [1.54, 1.807) is 24.2 Å². The molecule has 94 valence electrons. The molecule has 7 heteroatoms. The minimum atomic E-state index is -0.261. The van der Waals surface area contributed by atoms with Crippen LogP contribution in [0.15, 0.2) is 34.8 Å². The van der Waals surface area contributed by atoms with Gasteiger partial charge in [-0.25, -0.2) is 5.84 Å². The van der Waals surface area contributed by atoms with Gasteiger partial charge in [0.1, 0.15) is 0 Å². The lowest BCUT2D eigenvalue weighted by Gasteiger charge is -2.05. The Balaban J connectivity index is 2.09. The zero-order chi connectivity index (χ0) is 13.0. The van der Waals surface area contributed by atoms with Gasteiger partial charge in [0.25, 0.3) is 5.91 Å². The molecule has 0 aliphatic heterocycles. The van der Waals surface area contributed by atoms with E-state index in [0.717, 1.165) is 10.5 Å². The Kier molecular flexibility index (Phi) is 4.19. The Morgan fingerprint density at radius 3 is 3.06 bits per heavy atom. The van der Waals surface area contributed by atoms with E-state index in [1.165, 1.54) is 11.3 Å². The SMILES string of the molecule is NNC(=O)c1sccc1CSc1ccncc1N. The summed E-state index contributed by atoms with van der Waals surface area (Å²) in [5.41, 5.74) is 9.54. The number of pyridine rings is 1. The molecule has 0 aliphatic carbocycles. The standard InChI is InChI=1S/C11H12N4OS2/c12-8-5-14-3-1-9(8)18-6-7-2-4-17-10(7)11(16)15-13/h1-5H,6,12-13H2,(H,15,16). The van der Waals surface area contributed by atoms with E-state index in [9.17, 15) is 4.79 Å². The summed E-state index contributed by atoms with van der Waals surface area (Å²) in [5.74, 6) is 5.54. The fourth-order valence-corrected chi connectivity index (χ4v) is 3.24. The number of hydrogen-bond donors (Lipinski definition) is 3. The van der Waals surface area contributed by atoms with Crippen molar-refractivity contribution in [2.24, 2.45) is 5.84 Å². The van der Waals surface area contributed by atoms with Gasteiger partial charge in [-0.15, -0.1) is 23.1 Å². The Labute approximate surface area is 113 Å². The van der Waals surface area contributed by atoms with Crippen LogP contribution in [0.3, 0.4) is 0 Å². The number of carbonyl (C=O) groups is 1. The Morgan fingerprint density at radius 2 is 2.33 bits per heavy atom. The number of nitrogens with one attached hydrogen (secondary N) is 1. The fraction of sp³-hybridized carbons (Fsp3) is 0.0909. The molecule has 5 nitrogen and oxygen atoms in total. The minimum absolute atomic E-state index is 0.261. The van der Waals surface area contributed by atoms with E-state index in [1.807, 2.05) is 17.5 Å². The van der Waals surface area contributed by atoms with E-state index in [2.05, 4.69) is 10.4 Å². The van der Waals surface area contributed by atoms with Crippen LogP contribution in [0.1, 0.15) is 15.2 Å². The molecular weight excluding hydrogens is 268 g/mol. The van der Waals surface area contributed by atoms with Crippen LogP contribution in [0, 0.1) is 0 Å². The predicted octanol–water partition coefficient (Wildman–Crippen LogP) is 1.62. The van der Waals surface area contributed by atoms with Gasteiger partial charge in [-0.2, -0.15) is 0 Å². The number of nitrogens with zero attached hydrogens (tertiary/aromatic N) is 1. The van der Waals surface area contributed by atoms with Gasteiger partial charge in [-0.05, 0) is 23.1 Å². The molecule has 2 aromatic heterocycles. The van der Waals surface area contributed by atoms with Crippen LogP contribution in [-0.4, -0.2) is 10.9 Å². The summed E-state index contributed by atoms with van der Waals surface area (Å²) in [6, 6.07) is 3.77. The quantitative estimate of drug-likeness (QED) is 0.342. The third kappa shape index (κ3) is 2.81. The average molecular weight is 280 g/mol. The summed E-state index contributed by atoms with van der Waals surface area (Å²) in [6.45, 7) is 0. The molecule has 0 bridgehead atoms. The van der Waals surface area contributed by atoms with E-state index in [0.29, 0.717) is 16.3 Å². The summed E-state index contributed by atoms with van der Waals surface area (Å²) in [5, 5.41) is 1.87. The summed E-state index contributed by atoms with van der Waals surface area (Å²) in [7, 11) is 0. The largest absolute Gasteiger partial charge is 0.397 e. The highest BCUT2D eigenvalue weighted by atomic mass is 32.2. The van der Waals surface area contributed by atoms with Gasteiger partial charge in [-0.3, -0.25) is 15.2 Å². The van der Waals surface area contributed by atoms with Crippen molar-refractivity contribution in [1.82, 2.24) is 10.4 Å². The van der Waals surface area contributed by atoms with Crippen molar-refractivity contribution >= 4 is 34.7 Å². The van der Waals surface area contributed by atoms with E-state index in [4.69, 9.17) is 11.6 Å². The number of aromatic nitrogens is 1. The van der Waals surface area contributed by atoms with Crippen LogP contribution < -0.4 is 17.0 Å². The molecule has 0 atom stereocenters. The molecular formula is C11H12N4OS2. The normalized spacial score (nSPS) is 10.3. The Morgan fingerprint density at radius 1 is 1.50 bits per heavy atom. The highest BCUT2D eigenvalue weighted by Crippen LogP contribution is 2.29. The van der Waals surface area contributed by atoms with Crippen LogP contribution >= 0.6 is 23.1 Å². The molecule has 0 saturated heterocycles. The highest BCUT2D eigenvalue weighted by molar-refractivity contribution is 7.98. The second-order valence-electron chi connectivity index (χ2n) is 3.45. The monoisotopic (exact) mass is 280 g/mol. The first-order valence-electron chi connectivity index (χ1n) is 5.12. The molecule has 0 unspecified atom stereocenters. The van der Waals surface area contributed by atoms with Gasteiger partial charge in [0, 0.05) is 16.8 Å². The van der Waals surface area contributed by atoms with Crippen LogP contribution in [0.25, 0.3) is 0 Å². The lowest BCUT2D eigenvalue weighted by Crippen LogP contribution is -2.29. The molecule has 0 radical (unpaired) electrons. The first-order valence-corrected chi connectivity index (χ1v) is 6.98. The molecule has 2 rings (SSSR count). The lowest BCUT2D eigenvalue weighted by atomic mass is 10.3. The second-order valence-corrected chi connectivity index (χ2v) is 5.38. The molecule has 2 heterocycles. The third-order valence-corrected chi connectivity index (χ3v) is 4.37. The zero-order valence-electron chi connectivity index (χ0n) is 9.42. The van der Waals surface area contributed by atoms with Crippen molar-refractivity contribution in [3.05, 3.63) is 40.3 Å². The number of rotatable bonds is 4. The Hall–Kier alpha value is -1.57. The molecule has 0 fully saturated rings. The summed E-state index contributed by atoms with van der Waals surface area (Å²) in [4.78, 5) is 17.0. The predicted molar refractivity (Wildman–Crippen MR) is 74.2 cm³/mol. The first-order chi connectivity index (χ1) is 8.72. The molecule has 1 amide bonds. The number of hydrogen-bond acceptors (Lipinski definition) is 6. The molecule has 0 aromatic carbocycles. The van der Waals surface area contributed by atoms with Crippen LogP contribution in [0.2, 0.25) is 0 Å². The van der Waals surface area contributed by atoms with Crippen molar-refractivity contribution in [1.29, 1.82) is 0 Å². The van der Waals surface area contributed by atoms with Crippen molar-refractivity contribution in [2.75, 3.05) is 5.73 Å². The average Bonchev–Trinajstić information content (AvgIpc) is 2.85. The fourth-order valence-electron chi connectivity index (χ4n) is 1.39. The third-order valence-electron chi connectivity index (χ3n) is 2.28. The summed E-state index contributed by atoms with van der Waals surface area (Å²) >= 11 is 2.94. The number of nitrogen functional groups attached to an aromatic ring is 2. The number of amides is 1. The zero-order valence-corrected chi connectivity index (χ0v) is 11.1. The van der Waals surface area contributed by atoms with Gasteiger partial charge >= 0.3 is 0 Å². The number of thiophene rings is 1. The maximum atomic E-state index is 11.5. The molecule has 0 aliphatic rings. The van der Waals surface area contributed by atoms with Crippen LogP contribution in [-0.2, 0) is 5.75 Å². The Bertz CT molecular complexity index is 555. The number of thioether (sulfide) groups is 1. The van der Waals surface area contributed by atoms with Crippen molar-refractivity contribution in [3.8, 4) is 0 Å². The topological polar surface area (TPSA) is 94.0 Å². The van der Waals surface area contributed by atoms with E-state index >= 15 is 0 Å². The smallest absolute Gasteiger partial charge is 0.275 e. The molecule has 0 spiro atoms. The molecule has 5 N–H and O–H groups in total. The lowest BCUT2D eigenvalue weighted by molar-refractivity contribution is 0.0957. The second kappa shape index (κ2) is 5.85. The molecule has 18 heavy (non-hydrogen) atoms. The van der Waals surface area contributed by atoms with Gasteiger partial charge in [0.05, 0.1) is 16.8 Å². The first kappa shape index (κ1) is 12.9. The number of carbonyl (C=O) groups excluding carboxylic acids is 1. The summed E-state index contributed by atoms with van der Waals surface area (Å²) < 4.78 is 0. The summed E-state index contributed by atoms with van der Waals surface area (Å²) in [6.07, 6.45) is 3.31. The maximum absolute atomic E-state index is 11.5. The van der Waals surface area contributed by atoms with Crippen molar-refractivity contribution in [3.63, 3.8) is 0 Å². The van der Waals surface area contributed by atoms with Gasteiger partial charge in [0.2, 0.25) is 0 Å². The number of hydrazine groups is 1. The molecule has 0 saturated carbocycles. The number of anilines is 1. The van der Waals surface area contributed by atoms with Crippen molar-refractivity contribution < 1.29 is 4.79 Å². The molecule has 2 aromatic rings. The van der Waals surface area contributed by atoms with Crippen LogP contribution in [0.5, 0.6) is 0 Å². The van der Waals surface area contributed by atoms with E-state index in [-0.39, 0.29) is 5.91 Å². The van der Waals surface area contributed by atoms with E-state index < -0.39 is 0 Å².